The van der Waals surface area contributed by atoms with Crippen molar-refractivity contribution in [3.63, 3.8) is 0 Å². The highest BCUT2D eigenvalue weighted by molar-refractivity contribution is 5.13. The number of nitro groups is 1. The number of hydrogen-bond acceptors (Lipinski definition) is 2. The Morgan fingerprint density at radius 1 is 0.750 bits per heavy atom. The van der Waals surface area contributed by atoms with Crippen LogP contribution >= 0.6 is 0 Å². The van der Waals surface area contributed by atoms with Crippen molar-refractivity contribution in [2.24, 2.45) is 0 Å². The number of nitrogens with zero attached hydrogens (tertiary/aromatic N) is 2. The largest absolute Gasteiger partial charge is 1.00 e. The van der Waals surface area contributed by atoms with E-state index in [4.69, 9.17) is 0 Å². The first kappa shape index (κ1) is 30.9. The van der Waals surface area contributed by atoms with Crippen LogP contribution in [-0.4, -0.2) is 29.7 Å². The summed E-state index contributed by atoms with van der Waals surface area (Å²) in [7, 11) is 3.98. The number of halogens is 1. The normalized spacial score (nSPS) is 12.3. The molecule has 0 radical (unpaired) electrons. The minimum atomic E-state index is -0.526. The molecule has 4 nitrogen and oxygen atoms in total. The first-order chi connectivity index (χ1) is 15.0. The molecule has 0 fully saturated rings. The van der Waals surface area contributed by atoms with Crippen LogP contribution in [0.3, 0.4) is 0 Å². The number of rotatable bonds is 20. The van der Waals surface area contributed by atoms with Gasteiger partial charge in [0.2, 0.25) is 0 Å². The molecule has 1 aromatic carbocycles. The zero-order valence-electron chi connectivity index (χ0n) is 21.1. The lowest BCUT2D eigenvalue weighted by atomic mass is 10.0. The zero-order valence-corrected chi connectivity index (χ0v) is 21.8. The highest BCUT2D eigenvalue weighted by Crippen LogP contribution is 2.20. The predicted octanol–water partition coefficient (Wildman–Crippen LogP) is 5.13. The topological polar surface area (TPSA) is 43.1 Å². The second-order valence-corrected chi connectivity index (χ2v) is 9.93. The highest BCUT2D eigenvalue weighted by atomic mass is 35.5. The predicted molar refractivity (Wildman–Crippen MR) is 133 cm³/mol. The summed E-state index contributed by atoms with van der Waals surface area (Å²) in [5.41, 5.74) is 1.16. The average Bonchev–Trinajstić information content (AvgIpc) is 2.73. The quantitative estimate of drug-likeness (QED) is 0.0874. The smallest absolute Gasteiger partial charge is 0.336 e. The molecule has 32 heavy (non-hydrogen) atoms. The summed E-state index contributed by atoms with van der Waals surface area (Å²) < 4.78 is 0.412. The lowest BCUT2D eigenvalue weighted by molar-refractivity contribution is -1.00. The van der Waals surface area contributed by atoms with Crippen molar-refractivity contribution in [2.45, 2.75) is 122 Å². The van der Waals surface area contributed by atoms with E-state index < -0.39 is 6.17 Å². The van der Waals surface area contributed by atoms with Gasteiger partial charge in [-0.05, 0) is 6.42 Å². The lowest BCUT2D eigenvalue weighted by Gasteiger charge is -2.32. The Bertz CT molecular complexity index is 566. The van der Waals surface area contributed by atoms with E-state index in [2.05, 4.69) is 19.1 Å². The first-order valence-corrected chi connectivity index (χ1v) is 13.0. The lowest BCUT2D eigenvalue weighted by Crippen LogP contribution is -3.00. The van der Waals surface area contributed by atoms with Gasteiger partial charge in [0.05, 0.1) is 25.4 Å². The van der Waals surface area contributed by atoms with Gasteiger partial charge in [0.1, 0.15) is 6.54 Å². The molecule has 1 rings (SSSR count). The molecular weight excluding hydrogens is 420 g/mol. The Morgan fingerprint density at radius 3 is 1.56 bits per heavy atom. The summed E-state index contributed by atoms with van der Waals surface area (Å²) in [6.45, 7) is 2.97. The maximum absolute atomic E-state index is 11.7. The SMILES string of the molecule is CCCCCCCCCCCCCCCCCC([N+](=O)[O-])[N+](C)(C)Cc1ccccc1.[Cl-]. The summed E-state index contributed by atoms with van der Waals surface area (Å²) in [5, 5.41) is 11.7. The standard InChI is InChI=1S/C27H49N2O2.ClH/c1-4-5-6-7-8-9-10-11-12-13-14-15-16-17-21-24-27(28(30)31)29(2,3)25-26-22-19-18-20-23-26;/h18-20,22-23,27H,4-17,21,24-25H2,1-3H3;1H/q+1;/p-1. The molecule has 0 aliphatic carbocycles. The van der Waals surface area contributed by atoms with Gasteiger partial charge < -0.3 is 12.4 Å². The fourth-order valence-electron chi connectivity index (χ4n) is 4.57. The Balaban J connectivity index is 0.00000961. The first-order valence-electron chi connectivity index (χ1n) is 13.0. The van der Waals surface area contributed by atoms with E-state index in [0.29, 0.717) is 17.4 Å². The summed E-state index contributed by atoms with van der Waals surface area (Å²) in [5.74, 6) is 0. The second-order valence-electron chi connectivity index (χ2n) is 9.93. The molecule has 0 saturated carbocycles. The maximum Gasteiger partial charge on any atom is 0.336 e. The van der Waals surface area contributed by atoms with E-state index in [1.165, 1.54) is 83.5 Å². The van der Waals surface area contributed by atoms with Gasteiger partial charge in [-0.15, -0.1) is 0 Å². The van der Waals surface area contributed by atoms with Crippen molar-refractivity contribution in [1.82, 2.24) is 0 Å². The van der Waals surface area contributed by atoms with Crippen LogP contribution in [-0.2, 0) is 6.54 Å². The molecule has 0 heterocycles. The molecule has 0 aliphatic heterocycles. The molecule has 0 saturated heterocycles. The number of benzene rings is 1. The van der Waals surface area contributed by atoms with Gasteiger partial charge in [-0.3, -0.25) is 14.6 Å². The number of hydrogen-bond donors (Lipinski definition) is 0. The molecule has 0 spiro atoms. The Morgan fingerprint density at radius 2 is 1.16 bits per heavy atom. The van der Waals surface area contributed by atoms with E-state index >= 15 is 0 Å². The van der Waals surface area contributed by atoms with Crippen molar-refractivity contribution in [3.05, 3.63) is 46.0 Å². The van der Waals surface area contributed by atoms with Gasteiger partial charge in [-0.2, -0.15) is 0 Å². The molecule has 0 N–H and O–H groups in total. The van der Waals surface area contributed by atoms with Gasteiger partial charge in [-0.1, -0.05) is 127 Å². The molecule has 0 amide bonds. The molecule has 5 heteroatoms. The third-order valence-corrected chi connectivity index (χ3v) is 6.55. The molecule has 1 aromatic rings. The van der Waals surface area contributed by atoms with Crippen molar-refractivity contribution < 1.29 is 21.8 Å². The van der Waals surface area contributed by atoms with Gasteiger partial charge in [0, 0.05) is 5.56 Å². The summed E-state index contributed by atoms with van der Waals surface area (Å²) in [6.07, 6.45) is 20.0. The molecular formula is C27H49ClN2O2. The monoisotopic (exact) mass is 468 g/mol. The molecule has 1 unspecified atom stereocenters. The number of quaternary nitrogens is 1. The van der Waals surface area contributed by atoms with E-state index in [9.17, 15) is 10.1 Å². The minimum Gasteiger partial charge on any atom is -1.00 e. The van der Waals surface area contributed by atoms with E-state index in [0.717, 1.165) is 18.4 Å². The minimum absolute atomic E-state index is 0. The fourth-order valence-corrected chi connectivity index (χ4v) is 4.57. The summed E-state index contributed by atoms with van der Waals surface area (Å²) in [6, 6.07) is 10.1. The zero-order chi connectivity index (χ0) is 22.8. The van der Waals surface area contributed by atoms with E-state index in [-0.39, 0.29) is 17.3 Å². The van der Waals surface area contributed by atoms with Crippen LogP contribution in [0.5, 0.6) is 0 Å². The highest BCUT2D eigenvalue weighted by Gasteiger charge is 2.37. The Hall–Kier alpha value is -1.13. The summed E-state index contributed by atoms with van der Waals surface area (Å²) in [4.78, 5) is 11.6. The van der Waals surface area contributed by atoms with Gasteiger partial charge >= 0.3 is 6.17 Å². The van der Waals surface area contributed by atoms with Gasteiger partial charge in [-0.25, -0.2) is 0 Å². The summed E-state index contributed by atoms with van der Waals surface area (Å²) >= 11 is 0. The van der Waals surface area contributed by atoms with Crippen LogP contribution in [0.25, 0.3) is 0 Å². The molecule has 0 aliphatic rings. The van der Waals surface area contributed by atoms with Crippen LogP contribution in [0.2, 0.25) is 0 Å². The van der Waals surface area contributed by atoms with Crippen LogP contribution < -0.4 is 12.4 Å². The van der Waals surface area contributed by atoms with E-state index in [1.54, 1.807) is 0 Å². The van der Waals surface area contributed by atoms with Crippen molar-refractivity contribution in [3.8, 4) is 0 Å². The van der Waals surface area contributed by atoms with Crippen LogP contribution in [0.1, 0.15) is 115 Å². The van der Waals surface area contributed by atoms with Crippen LogP contribution in [0, 0.1) is 10.1 Å². The molecule has 1 atom stereocenters. The van der Waals surface area contributed by atoms with Crippen molar-refractivity contribution in [2.75, 3.05) is 14.1 Å². The van der Waals surface area contributed by atoms with E-state index in [1.807, 2.05) is 32.3 Å². The Kier molecular flexibility index (Phi) is 18.7. The fraction of sp³-hybridized carbons (Fsp3) is 0.778. The third kappa shape index (κ3) is 14.8. The molecule has 0 bridgehead atoms. The van der Waals surface area contributed by atoms with Gasteiger partial charge in [0.15, 0.2) is 0 Å². The van der Waals surface area contributed by atoms with Gasteiger partial charge in [0.25, 0.3) is 0 Å². The second kappa shape index (κ2) is 19.3. The van der Waals surface area contributed by atoms with Crippen molar-refractivity contribution in [1.29, 1.82) is 0 Å². The average molecular weight is 469 g/mol. The Labute approximate surface area is 204 Å². The maximum atomic E-state index is 11.7. The molecule has 0 aromatic heterocycles. The van der Waals surface area contributed by atoms with Crippen molar-refractivity contribution >= 4 is 0 Å². The van der Waals surface area contributed by atoms with Crippen LogP contribution in [0.15, 0.2) is 30.3 Å². The molecule has 186 valence electrons. The third-order valence-electron chi connectivity index (χ3n) is 6.55. The number of unbranched alkanes of at least 4 members (excludes halogenated alkanes) is 14. The van der Waals surface area contributed by atoms with Crippen LogP contribution in [0.4, 0.5) is 0 Å².